The highest BCUT2D eigenvalue weighted by Gasteiger charge is 2.08. The Hall–Kier alpha value is -0.615. The van der Waals surface area contributed by atoms with Crippen LogP contribution < -0.4 is 11.1 Å². The van der Waals surface area contributed by atoms with Gasteiger partial charge in [-0.25, -0.2) is 0 Å². The molecule has 0 aromatic heterocycles. The van der Waals surface area contributed by atoms with Crippen LogP contribution in [0.4, 0.5) is 0 Å². The summed E-state index contributed by atoms with van der Waals surface area (Å²) in [7, 11) is 4.92. The minimum absolute atomic E-state index is 0.438. The maximum absolute atomic E-state index is 9.91. The quantitative estimate of drug-likeness (QED) is 0.238. The maximum Gasteiger partial charge on any atom is 0.212 e. The molecule has 10 heavy (non-hydrogen) atoms. The summed E-state index contributed by atoms with van der Waals surface area (Å²) in [6, 6.07) is 0. The molecular formula is C4H11BN4O. The van der Waals surface area contributed by atoms with Crippen molar-refractivity contribution in [3.8, 4) is 0 Å². The van der Waals surface area contributed by atoms with E-state index in [4.69, 9.17) is 13.7 Å². The highest BCUT2D eigenvalue weighted by atomic mass is 16.3. The SMILES string of the molecule is [B]NN(N=O)C(N)CCC. The first kappa shape index (κ1) is 9.38. The number of rotatable bonds is 5. The van der Waals surface area contributed by atoms with Crippen molar-refractivity contribution in [3.63, 3.8) is 0 Å². The molecule has 6 heteroatoms. The maximum atomic E-state index is 9.91. The zero-order valence-corrected chi connectivity index (χ0v) is 5.95. The van der Waals surface area contributed by atoms with Crippen LogP contribution in [0.1, 0.15) is 19.8 Å². The van der Waals surface area contributed by atoms with Gasteiger partial charge in [-0.05, 0) is 6.42 Å². The lowest BCUT2D eigenvalue weighted by atomic mass is 10.3. The molecular weight excluding hydrogens is 131 g/mol. The van der Waals surface area contributed by atoms with Gasteiger partial charge in [-0.3, -0.25) is 5.34 Å². The predicted molar refractivity (Wildman–Crippen MR) is 39.4 cm³/mol. The Morgan fingerprint density at radius 3 is 2.80 bits per heavy atom. The van der Waals surface area contributed by atoms with E-state index in [1.165, 1.54) is 0 Å². The lowest BCUT2D eigenvalue weighted by Crippen LogP contribution is -2.45. The van der Waals surface area contributed by atoms with Crippen LogP contribution in [0.2, 0.25) is 0 Å². The van der Waals surface area contributed by atoms with Gasteiger partial charge in [-0.1, -0.05) is 13.3 Å². The third kappa shape index (κ3) is 2.79. The number of hydrogen-bond donors (Lipinski definition) is 2. The van der Waals surface area contributed by atoms with Gasteiger partial charge in [-0.2, -0.15) is 5.12 Å². The third-order valence-corrected chi connectivity index (χ3v) is 1.12. The normalized spacial score (nSPS) is 12.6. The molecule has 0 aromatic rings. The van der Waals surface area contributed by atoms with Crippen LogP contribution in [0, 0.1) is 4.91 Å². The molecule has 0 rings (SSSR count). The van der Waals surface area contributed by atoms with Crippen LogP contribution in [0.3, 0.4) is 0 Å². The van der Waals surface area contributed by atoms with E-state index in [1.54, 1.807) is 0 Å². The van der Waals surface area contributed by atoms with Crippen molar-refractivity contribution >= 4 is 7.98 Å². The molecule has 1 atom stereocenters. The number of nitrogens with one attached hydrogen (secondary N) is 1. The van der Waals surface area contributed by atoms with Crippen molar-refractivity contribution in [2.75, 3.05) is 0 Å². The second-order valence-corrected chi connectivity index (χ2v) is 1.91. The van der Waals surface area contributed by atoms with E-state index in [1.807, 2.05) is 6.92 Å². The smallest absolute Gasteiger partial charge is 0.212 e. The minimum Gasteiger partial charge on any atom is -0.309 e. The average Bonchev–Trinajstić information content (AvgIpc) is 1.91. The molecule has 56 valence electrons. The summed E-state index contributed by atoms with van der Waals surface area (Å²) in [6.45, 7) is 1.96. The molecule has 0 saturated carbocycles. The first-order valence-electron chi connectivity index (χ1n) is 3.10. The average molecular weight is 142 g/mol. The van der Waals surface area contributed by atoms with E-state index in [2.05, 4.69) is 10.6 Å². The Morgan fingerprint density at radius 2 is 2.50 bits per heavy atom. The lowest BCUT2D eigenvalue weighted by molar-refractivity contribution is 0.167. The van der Waals surface area contributed by atoms with Gasteiger partial charge in [0.2, 0.25) is 7.98 Å². The van der Waals surface area contributed by atoms with Crippen molar-refractivity contribution in [1.82, 2.24) is 10.5 Å². The molecule has 0 amide bonds. The van der Waals surface area contributed by atoms with Crippen LogP contribution in [0.15, 0.2) is 5.29 Å². The van der Waals surface area contributed by atoms with Gasteiger partial charge in [0.15, 0.2) is 0 Å². The summed E-state index contributed by atoms with van der Waals surface area (Å²) in [4.78, 5) is 9.91. The largest absolute Gasteiger partial charge is 0.309 e. The second-order valence-electron chi connectivity index (χ2n) is 1.91. The summed E-state index contributed by atoms with van der Waals surface area (Å²) in [6.07, 6.45) is 1.12. The molecule has 0 bridgehead atoms. The number of hydrogen-bond acceptors (Lipinski definition) is 4. The Bertz CT molecular complexity index is 101. The molecule has 3 N–H and O–H groups in total. The Kier molecular flexibility index (Phi) is 4.87. The van der Waals surface area contributed by atoms with Gasteiger partial charge >= 0.3 is 0 Å². The van der Waals surface area contributed by atoms with Crippen molar-refractivity contribution < 1.29 is 0 Å². The van der Waals surface area contributed by atoms with Gasteiger partial charge in [0.25, 0.3) is 0 Å². The van der Waals surface area contributed by atoms with Crippen molar-refractivity contribution in [2.45, 2.75) is 25.9 Å². The fourth-order valence-corrected chi connectivity index (χ4v) is 0.598. The molecule has 0 spiro atoms. The third-order valence-electron chi connectivity index (χ3n) is 1.12. The highest BCUT2D eigenvalue weighted by molar-refractivity contribution is 6.03. The standard InChI is InChI=1S/C4H11BN4O/c1-2-3-4(6)9(7-5)8-10/h4,7H,2-3,6H2,1H3. The Balaban J connectivity index is 3.63. The fourth-order valence-electron chi connectivity index (χ4n) is 0.598. The van der Waals surface area contributed by atoms with E-state index in [0.717, 1.165) is 11.5 Å². The Labute approximate surface area is 61.3 Å². The molecule has 1 unspecified atom stereocenters. The second kappa shape index (κ2) is 5.19. The van der Waals surface area contributed by atoms with Gasteiger partial charge in [0, 0.05) is 0 Å². The molecule has 0 aliphatic carbocycles. The summed E-state index contributed by atoms with van der Waals surface area (Å²) >= 11 is 0. The summed E-state index contributed by atoms with van der Waals surface area (Å²) in [5, 5.41) is 5.49. The molecule has 0 aliphatic heterocycles. The molecule has 0 fully saturated rings. The van der Waals surface area contributed by atoms with Gasteiger partial charge in [-0.15, -0.1) is 4.91 Å². The topological polar surface area (TPSA) is 70.7 Å². The lowest BCUT2D eigenvalue weighted by Gasteiger charge is -2.20. The summed E-state index contributed by atoms with van der Waals surface area (Å²) in [5.74, 6) is 0. The number of nitrogens with zero attached hydrogens (tertiary/aromatic N) is 2. The molecule has 0 saturated heterocycles. The van der Waals surface area contributed by atoms with Crippen molar-refractivity contribution in [2.24, 2.45) is 11.0 Å². The molecule has 0 heterocycles. The molecule has 0 aliphatic rings. The highest BCUT2D eigenvalue weighted by Crippen LogP contribution is 1.96. The van der Waals surface area contributed by atoms with E-state index in [9.17, 15) is 4.91 Å². The van der Waals surface area contributed by atoms with Crippen LogP contribution in [0.5, 0.6) is 0 Å². The van der Waals surface area contributed by atoms with Gasteiger partial charge in [0.05, 0.1) is 5.29 Å². The zero-order chi connectivity index (χ0) is 7.98. The zero-order valence-electron chi connectivity index (χ0n) is 5.95. The van der Waals surface area contributed by atoms with E-state index < -0.39 is 6.17 Å². The molecule has 0 aromatic carbocycles. The first-order valence-corrected chi connectivity index (χ1v) is 3.10. The van der Waals surface area contributed by atoms with Crippen molar-refractivity contribution in [1.29, 1.82) is 0 Å². The monoisotopic (exact) mass is 142 g/mol. The van der Waals surface area contributed by atoms with Crippen LogP contribution in [0.25, 0.3) is 0 Å². The fraction of sp³-hybridized carbons (Fsp3) is 1.00. The number of nitrogens with two attached hydrogens (primary N) is 1. The number of hydrazine groups is 1. The van der Waals surface area contributed by atoms with E-state index >= 15 is 0 Å². The van der Waals surface area contributed by atoms with Crippen LogP contribution in [-0.2, 0) is 0 Å². The summed E-state index contributed by atoms with van der Waals surface area (Å²) < 4.78 is 0. The minimum atomic E-state index is -0.438. The predicted octanol–water partition coefficient (Wildman–Crippen LogP) is -0.357. The van der Waals surface area contributed by atoms with Crippen LogP contribution >= 0.6 is 0 Å². The first-order chi connectivity index (χ1) is 4.76. The van der Waals surface area contributed by atoms with Crippen LogP contribution in [-0.4, -0.2) is 19.3 Å². The molecule has 2 radical (unpaired) electrons. The van der Waals surface area contributed by atoms with E-state index in [-0.39, 0.29) is 0 Å². The number of nitroso groups, excluding NO2 is 1. The van der Waals surface area contributed by atoms with Crippen molar-refractivity contribution in [3.05, 3.63) is 4.91 Å². The Morgan fingerprint density at radius 1 is 1.90 bits per heavy atom. The van der Waals surface area contributed by atoms with E-state index in [0.29, 0.717) is 6.42 Å². The summed E-state index contributed by atoms with van der Waals surface area (Å²) in [5.41, 5.74) is 5.44. The molecule has 5 nitrogen and oxygen atoms in total. The van der Waals surface area contributed by atoms with Gasteiger partial charge in [0.1, 0.15) is 6.17 Å². The van der Waals surface area contributed by atoms with Gasteiger partial charge < -0.3 is 5.73 Å².